The first kappa shape index (κ1) is 12.8. The fourth-order valence-corrected chi connectivity index (χ4v) is 2.45. The van der Waals surface area contributed by atoms with E-state index < -0.39 is 0 Å². The van der Waals surface area contributed by atoms with Crippen molar-refractivity contribution >= 4 is 17.2 Å². The predicted octanol–water partition coefficient (Wildman–Crippen LogP) is 3.31. The molecule has 1 aromatic carbocycles. The Morgan fingerprint density at radius 1 is 1.33 bits per heavy atom. The molecule has 1 aromatic heterocycles. The summed E-state index contributed by atoms with van der Waals surface area (Å²) in [5.41, 5.74) is 0.424. The quantitative estimate of drug-likeness (QED) is 0.901. The summed E-state index contributed by atoms with van der Waals surface area (Å²) in [5, 5.41) is 4.83. The molecule has 0 saturated carbocycles. The molecule has 94 valence electrons. The van der Waals surface area contributed by atoms with Gasteiger partial charge in [0.2, 0.25) is 5.91 Å². The van der Waals surface area contributed by atoms with Gasteiger partial charge < -0.3 is 5.32 Å². The van der Waals surface area contributed by atoms with E-state index >= 15 is 0 Å². The minimum absolute atomic E-state index is 0.0377. The number of amides is 1. The number of nitrogens with one attached hydrogen (secondary N) is 1. The van der Waals surface area contributed by atoms with Crippen LogP contribution in [0.4, 0.5) is 4.39 Å². The fourth-order valence-electron chi connectivity index (χ4n) is 1.72. The molecule has 2 nitrogen and oxygen atoms in total. The van der Waals surface area contributed by atoms with Crippen molar-refractivity contribution in [1.29, 1.82) is 0 Å². The Labute approximate surface area is 109 Å². The van der Waals surface area contributed by atoms with E-state index in [2.05, 4.69) is 5.32 Å². The zero-order chi connectivity index (χ0) is 13.0. The molecule has 0 saturated heterocycles. The van der Waals surface area contributed by atoms with Crippen LogP contribution in [0.2, 0.25) is 0 Å². The molecule has 0 aliphatic carbocycles. The molecule has 0 spiro atoms. The minimum Gasteiger partial charge on any atom is -0.348 e. The smallest absolute Gasteiger partial charge is 0.225 e. The van der Waals surface area contributed by atoms with Crippen LogP contribution in [0.25, 0.3) is 0 Å². The highest BCUT2D eigenvalue weighted by atomic mass is 32.1. The molecule has 2 rings (SSSR count). The maximum atomic E-state index is 13.4. The average Bonchev–Trinajstić information content (AvgIpc) is 2.85. The Bertz CT molecular complexity index is 524. The highest BCUT2D eigenvalue weighted by molar-refractivity contribution is 7.10. The van der Waals surface area contributed by atoms with Crippen LogP contribution in [-0.2, 0) is 11.2 Å². The number of hydrogen-bond donors (Lipinski definition) is 1. The van der Waals surface area contributed by atoms with Crippen molar-refractivity contribution in [2.24, 2.45) is 0 Å². The summed E-state index contributed by atoms with van der Waals surface area (Å²) in [6.07, 6.45) is 0.0718. The summed E-state index contributed by atoms with van der Waals surface area (Å²) in [6.45, 7) is 1.92. The van der Waals surface area contributed by atoms with Crippen molar-refractivity contribution in [3.63, 3.8) is 0 Å². The molecule has 18 heavy (non-hydrogen) atoms. The third-order valence-electron chi connectivity index (χ3n) is 2.66. The molecule has 4 heteroatoms. The first-order valence-electron chi connectivity index (χ1n) is 5.73. The maximum absolute atomic E-state index is 13.4. The van der Waals surface area contributed by atoms with Gasteiger partial charge in [0, 0.05) is 4.88 Å². The Hall–Kier alpha value is -1.68. The number of rotatable bonds is 4. The van der Waals surface area contributed by atoms with Gasteiger partial charge in [0.05, 0.1) is 12.5 Å². The molecule has 0 bridgehead atoms. The van der Waals surface area contributed by atoms with Crippen LogP contribution in [0, 0.1) is 5.82 Å². The van der Waals surface area contributed by atoms with Crippen LogP contribution in [0.15, 0.2) is 41.8 Å². The minimum atomic E-state index is -0.337. The SMILES string of the molecule is CC(NC(=O)Cc1ccccc1F)c1cccs1. The highest BCUT2D eigenvalue weighted by Crippen LogP contribution is 2.18. The van der Waals surface area contributed by atoms with Crippen LogP contribution in [0.3, 0.4) is 0 Å². The van der Waals surface area contributed by atoms with Crippen LogP contribution in [0.5, 0.6) is 0 Å². The Kier molecular flexibility index (Phi) is 4.10. The largest absolute Gasteiger partial charge is 0.348 e. The summed E-state index contributed by atoms with van der Waals surface area (Å²) in [4.78, 5) is 12.9. The summed E-state index contributed by atoms with van der Waals surface area (Å²) in [5.74, 6) is -0.502. The summed E-state index contributed by atoms with van der Waals surface area (Å²) >= 11 is 1.59. The number of carbonyl (C=O) groups is 1. The molecule has 1 atom stereocenters. The predicted molar refractivity (Wildman–Crippen MR) is 71.0 cm³/mol. The average molecular weight is 263 g/mol. The second-order valence-corrected chi connectivity index (χ2v) is 5.05. The third-order valence-corrected chi connectivity index (χ3v) is 3.71. The van der Waals surface area contributed by atoms with E-state index in [1.54, 1.807) is 29.5 Å². The molecule has 1 amide bonds. The monoisotopic (exact) mass is 263 g/mol. The lowest BCUT2D eigenvalue weighted by atomic mass is 10.1. The molecular formula is C14H14FNOS. The van der Waals surface area contributed by atoms with Crippen molar-refractivity contribution in [1.82, 2.24) is 5.32 Å². The highest BCUT2D eigenvalue weighted by Gasteiger charge is 2.12. The van der Waals surface area contributed by atoms with Gasteiger partial charge in [0.1, 0.15) is 5.82 Å². The molecule has 2 aromatic rings. The molecule has 0 fully saturated rings. The van der Waals surface area contributed by atoms with Gasteiger partial charge in [0.15, 0.2) is 0 Å². The zero-order valence-electron chi connectivity index (χ0n) is 10.0. The summed E-state index contributed by atoms with van der Waals surface area (Å²) in [7, 11) is 0. The van der Waals surface area contributed by atoms with Gasteiger partial charge in [-0.3, -0.25) is 4.79 Å². The van der Waals surface area contributed by atoms with E-state index in [1.165, 1.54) is 6.07 Å². The molecule has 1 unspecified atom stereocenters. The van der Waals surface area contributed by atoms with Gasteiger partial charge in [0.25, 0.3) is 0 Å². The van der Waals surface area contributed by atoms with Crippen molar-refractivity contribution < 1.29 is 9.18 Å². The van der Waals surface area contributed by atoms with E-state index in [9.17, 15) is 9.18 Å². The number of halogens is 1. The van der Waals surface area contributed by atoms with Crippen LogP contribution < -0.4 is 5.32 Å². The molecule has 0 aliphatic heterocycles. The van der Waals surface area contributed by atoms with E-state index in [4.69, 9.17) is 0 Å². The van der Waals surface area contributed by atoms with Gasteiger partial charge in [-0.1, -0.05) is 24.3 Å². The van der Waals surface area contributed by atoms with E-state index in [0.29, 0.717) is 5.56 Å². The Balaban J connectivity index is 1.95. The van der Waals surface area contributed by atoms with Crippen molar-refractivity contribution in [3.05, 3.63) is 58.0 Å². The molecule has 0 radical (unpaired) electrons. The number of benzene rings is 1. The summed E-state index contributed by atoms with van der Waals surface area (Å²) < 4.78 is 13.4. The van der Waals surface area contributed by atoms with Crippen LogP contribution >= 0.6 is 11.3 Å². The topological polar surface area (TPSA) is 29.1 Å². The van der Waals surface area contributed by atoms with Crippen molar-refractivity contribution in [2.75, 3.05) is 0 Å². The fraction of sp³-hybridized carbons (Fsp3) is 0.214. The maximum Gasteiger partial charge on any atom is 0.225 e. The first-order chi connectivity index (χ1) is 8.66. The van der Waals surface area contributed by atoms with Crippen LogP contribution in [0.1, 0.15) is 23.4 Å². The third kappa shape index (κ3) is 3.17. The molecule has 0 aliphatic rings. The zero-order valence-corrected chi connectivity index (χ0v) is 10.8. The lowest BCUT2D eigenvalue weighted by molar-refractivity contribution is -0.121. The number of carbonyl (C=O) groups excluding carboxylic acids is 1. The number of hydrogen-bond acceptors (Lipinski definition) is 2. The molecular weight excluding hydrogens is 249 g/mol. The number of thiophene rings is 1. The molecule has 1 heterocycles. The normalized spacial score (nSPS) is 12.1. The van der Waals surface area contributed by atoms with Gasteiger partial charge in [-0.15, -0.1) is 11.3 Å². The lowest BCUT2D eigenvalue weighted by Gasteiger charge is -2.12. The second-order valence-electron chi connectivity index (χ2n) is 4.07. The summed E-state index contributed by atoms with van der Waals surface area (Å²) in [6, 6.07) is 10.2. The first-order valence-corrected chi connectivity index (χ1v) is 6.61. The van der Waals surface area contributed by atoms with Gasteiger partial charge in [-0.25, -0.2) is 4.39 Å². The van der Waals surface area contributed by atoms with E-state index in [1.807, 2.05) is 24.4 Å². The Morgan fingerprint density at radius 2 is 2.11 bits per heavy atom. The Morgan fingerprint density at radius 3 is 2.78 bits per heavy atom. The van der Waals surface area contributed by atoms with E-state index in [0.717, 1.165) is 4.88 Å². The second kappa shape index (κ2) is 5.78. The van der Waals surface area contributed by atoms with Gasteiger partial charge in [-0.05, 0) is 30.0 Å². The van der Waals surface area contributed by atoms with Gasteiger partial charge in [-0.2, -0.15) is 0 Å². The molecule has 1 N–H and O–H groups in total. The van der Waals surface area contributed by atoms with E-state index in [-0.39, 0.29) is 24.2 Å². The lowest BCUT2D eigenvalue weighted by Crippen LogP contribution is -2.27. The van der Waals surface area contributed by atoms with Crippen molar-refractivity contribution in [2.45, 2.75) is 19.4 Å². The van der Waals surface area contributed by atoms with Gasteiger partial charge >= 0.3 is 0 Å². The van der Waals surface area contributed by atoms with Crippen molar-refractivity contribution in [3.8, 4) is 0 Å². The standard InChI is InChI=1S/C14H14FNOS/c1-10(13-7-4-8-18-13)16-14(17)9-11-5-2-3-6-12(11)15/h2-8,10H,9H2,1H3,(H,16,17). The van der Waals surface area contributed by atoms with Crippen LogP contribution in [-0.4, -0.2) is 5.91 Å².